The van der Waals surface area contributed by atoms with Crippen LogP contribution in [-0.2, 0) is 0 Å². The molecule has 0 aliphatic carbocycles. The van der Waals surface area contributed by atoms with Crippen LogP contribution >= 0.6 is 0 Å². The summed E-state index contributed by atoms with van der Waals surface area (Å²) >= 11 is 0. The first-order chi connectivity index (χ1) is 14.0. The van der Waals surface area contributed by atoms with E-state index in [4.69, 9.17) is 134 Å². The maximum Gasteiger partial charge on any atom is 1.00 e. The van der Waals surface area contributed by atoms with Gasteiger partial charge in [0.05, 0.1) is 0 Å². The molecule has 0 aromatic heterocycles. The standard InChI is InChI=1S/28Na.7O4Si/c;;;;;;;;;;;;;;;;;;;;;;;;;;;;7*1-5(2,3)4/q28*+1;7*-4. The summed E-state index contributed by atoms with van der Waals surface area (Å²) in [5, 5.41) is 0. The first kappa shape index (κ1) is 235. The molecule has 0 fully saturated rings. The van der Waals surface area contributed by atoms with Gasteiger partial charge in [-0.25, -0.2) is 0 Å². The Kier molecular flexibility index (Phi) is 543. The smallest absolute Gasteiger partial charge is 0.894 e. The molecule has 0 N–H and O–H groups in total. The van der Waals surface area contributed by atoms with Gasteiger partial charge in [-0.15, -0.1) is 0 Å². The Morgan fingerprint density at radius 2 is 0.0794 bits per heavy atom. The van der Waals surface area contributed by atoms with E-state index in [1.54, 1.807) is 0 Å². The third kappa shape index (κ3) is 876. The zero-order chi connectivity index (χ0) is 31.5. The second kappa shape index (κ2) is 146. The summed E-state index contributed by atoms with van der Waals surface area (Å²) in [7, 11) is -39.3. The van der Waals surface area contributed by atoms with Crippen LogP contribution in [0.3, 0.4) is 0 Å². The number of hydrogen-bond acceptors (Lipinski definition) is 28. The van der Waals surface area contributed by atoms with Crippen molar-refractivity contribution in [2.45, 2.75) is 0 Å². The van der Waals surface area contributed by atoms with E-state index in [0.29, 0.717) is 0 Å². The van der Waals surface area contributed by atoms with Crippen molar-refractivity contribution in [3.8, 4) is 0 Å². The van der Waals surface area contributed by atoms with Crippen LogP contribution in [0.5, 0.6) is 0 Å². The predicted molar refractivity (Wildman–Crippen MR) is 40.3 cm³/mol. The Morgan fingerprint density at radius 1 is 0.0794 bits per heavy atom. The van der Waals surface area contributed by atoms with Crippen LogP contribution in [0.15, 0.2) is 0 Å². The average Bonchev–Trinajstić information content (AvgIpc) is 2.06. The van der Waals surface area contributed by atoms with Crippen molar-refractivity contribution in [3.05, 3.63) is 0 Å². The molecule has 0 unspecified atom stereocenters. The monoisotopic (exact) mass is 1290 g/mol. The van der Waals surface area contributed by atoms with Crippen LogP contribution in [0.1, 0.15) is 0 Å². The maximum atomic E-state index is 8.58. The van der Waals surface area contributed by atoms with Crippen LogP contribution in [-0.4, -0.2) is 63.3 Å². The van der Waals surface area contributed by atoms with Crippen LogP contribution in [0.2, 0.25) is 0 Å². The SMILES string of the molecule is [Na+].[Na+].[Na+].[Na+].[Na+].[Na+].[Na+].[Na+].[Na+].[Na+].[Na+].[Na+].[Na+].[Na+].[Na+].[Na+].[Na+].[Na+].[Na+].[Na+].[Na+].[Na+].[Na+].[Na+].[Na+].[Na+].[Na+].[Na+].[O-][Si]([O-])([O-])[O-].[O-][Si]([O-])([O-])[O-].[O-][Si]([O-])([O-])[O-].[O-][Si]([O-])([O-])[O-].[O-][Si]([O-])([O-])[O-].[O-][Si]([O-])([O-])[O-].[O-][Si]([O-])([O-])[O-]. The minimum Gasteiger partial charge on any atom is -0.894 e. The van der Waals surface area contributed by atoms with Gasteiger partial charge in [0.2, 0.25) is 0 Å². The molecular formula is Na28O28Si7. The molecule has 0 aliphatic heterocycles. The fourth-order valence-electron chi connectivity index (χ4n) is 0. The minimum absolute atomic E-state index is 0. The van der Waals surface area contributed by atoms with E-state index in [1.807, 2.05) is 0 Å². The number of hydrogen-bond donors (Lipinski definition) is 0. The Hall–Kier alpha value is 28.4. The van der Waals surface area contributed by atoms with E-state index in [0.717, 1.165) is 0 Å². The van der Waals surface area contributed by atoms with Gasteiger partial charge in [-0.2, -0.15) is 0 Å². The van der Waals surface area contributed by atoms with Gasteiger partial charge in [-0.1, -0.05) is 0 Å². The summed E-state index contributed by atoms with van der Waals surface area (Å²) in [5.41, 5.74) is 0. The Morgan fingerprint density at radius 3 is 0.0794 bits per heavy atom. The molecule has 0 rings (SSSR count). The van der Waals surface area contributed by atoms with E-state index in [-0.39, 0.29) is 828 Å². The first-order valence-electron chi connectivity index (χ1n) is 5.72. The van der Waals surface area contributed by atoms with Gasteiger partial charge in [0.15, 0.2) is 0 Å². The van der Waals surface area contributed by atoms with Crippen molar-refractivity contribution in [2.75, 3.05) is 0 Å². The van der Waals surface area contributed by atoms with Crippen molar-refractivity contribution in [3.63, 3.8) is 0 Å². The zero-order valence-electron chi connectivity index (χ0n) is 42.9. The molecule has 0 aromatic rings. The molecule has 0 aliphatic rings. The molecule has 28 nitrogen and oxygen atoms in total. The molecule has 0 saturated carbocycles. The summed E-state index contributed by atoms with van der Waals surface area (Å²) in [6, 6.07) is 0. The molecule has 0 saturated heterocycles. The topological polar surface area (TPSA) is 646 Å². The molecule has 0 aromatic carbocycles. The van der Waals surface area contributed by atoms with Gasteiger partial charge in [-0.05, 0) is 0 Å². The van der Waals surface area contributed by atoms with E-state index in [1.165, 1.54) is 0 Å². The molecule has 0 amide bonds. The predicted octanol–water partition coefficient (Wildman–Crippen LogP) is -120. The van der Waals surface area contributed by atoms with Crippen molar-refractivity contribution in [2.24, 2.45) is 0 Å². The van der Waals surface area contributed by atoms with Crippen LogP contribution < -0.4 is 962 Å². The minimum atomic E-state index is -5.61. The van der Waals surface area contributed by atoms with Crippen molar-refractivity contribution < 1.29 is 962 Å². The normalized spacial score (nSPS) is 6.67. The van der Waals surface area contributed by atoms with Gasteiger partial charge in [0, 0.05) is 0 Å². The van der Waals surface area contributed by atoms with Crippen molar-refractivity contribution in [1.82, 2.24) is 0 Å². The Balaban J connectivity index is -0.00000000410. The summed E-state index contributed by atoms with van der Waals surface area (Å²) in [6.45, 7) is 0. The largest absolute Gasteiger partial charge is 1.00 e. The molecule has 63 heavy (non-hydrogen) atoms. The summed E-state index contributed by atoms with van der Waals surface area (Å²) in [5.74, 6) is 0. The van der Waals surface area contributed by atoms with Gasteiger partial charge in [-0.3, -0.25) is 0 Å². The van der Waals surface area contributed by atoms with Crippen LogP contribution in [0.25, 0.3) is 0 Å². The van der Waals surface area contributed by atoms with E-state index in [2.05, 4.69) is 0 Å². The summed E-state index contributed by atoms with van der Waals surface area (Å²) < 4.78 is 0. The first-order valence-corrected chi connectivity index (χ1v) is 17.1. The molecule has 224 valence electrons. The molecular weight excluding hydrogens is 1290 g/mol. The van der Waals surface area contributed by atoms with E-state index >= 15 is 0 Å². The van der Waals surface area contributed by atoms with Crippen LogP contribution in [0.4, 0.5) is 0 Å². The summed E-state index contributed by atoms with van der Waals surface area (Å²) in [6.07, 6.45) is 0. The molecule has 63 heteroatoms. The van der Waals surface area contributed by atoms with Gasteiger partial charge >= 0.3 is 828 Å². The fraction of sp³-hybridized carbons (Fsp3) is 0. The van der Waals surface area contributed by atoms with Gasteiger partial charge < -0.3 is 198 Å². The van der Waals surface area contributed by atoms with Gasteiger partial charge in [0.25, 0.3) is 0 Å². The molecule has 0 spiro atoms. The van der Waals surface area contributed by atoms with Crippen molar-refractivity contribution in [1.29, 1.82) is 0 Å². The third-order valence-corrected chi connectivity index (χ3v) is 0. The second-order valence-electron chi connectivity index (χ2n) is 3.50. The third-order valence-electron chi connectivity index (χ3n) is 0. The average molecular weight is 1290 g/mol. The van der Waals surface area contributed by atoms with Crippen LogP contribution in [0, 0.1) is 0 Å². The molecule has 0 radical (unpaired) electrons. The van der Waals surface area contributed by atoms with Crippen molar-refractivity contribution >= 4 is 63.3 Å². The molecule has 0 atom stereocenters. The zero-order valence-corrected chi connectivity index (χ0v) is 106. The maximum absolute atomic E-state index is 8.58. The molecule has 0 bridgehead atoms. The quantitative estimate of drug-likeness (QED) is 0.203. The second-order valence-corrected chi connectivity index (χ2v) is 10.5. The Labute approximate surface area is 993 Å². The van der Waals surface area contributed by atoms with Gasteiger partial charge in [0.1, 0.15) is 0 Å². The summed E-state index contributed by atoms with van der Waals surface area (Å²) in [4.78, 5) is 240. The number of rotatable bonds is 0. The molecule has 0 heterocycles. The van der Waals surface area contributed by atoms with E-state index in [9.17, 15) is 0 Å². The van der Waals surface area contributed by atoms with E-state index < -0.39 is 63.3 Å². The fourth-order valence-corrected chi connectivity index (χ4v) is 0. The Bertz CT molecular complexity index is 314.